The molecule has 1 amide bonds. The Kier molecular flexibility index (Phi) is 6.06. The first-order valence-corrected chi connectivity index (χ1v) is 9.92. The molecule has 1 aliphatic heterocycles. The lowest BCUT2D eigenvalue weighted by molar-refractivity contribution is 0.0662. The Morgan fingerprint density at radius 3 is 2.85 bits per heavy atom. The monoisotopic (exact) mass is 392 g/mol. The number of hydrogen-bond donors (Lipinski definition) is 1. The molecule has 0 radical (unpaired) electrons. The molecule has 2 atom stereocenters. The second-order valence-corrected chi connectivity index (χ2v) is 7.94. The number of piperidine rings is 1. The third-order valence-electron chi connectivity index (χ3n) is 5.74. The molecule has 0 aromatic carbocycles. The van der Waals surface area contributed by atoms with Gasteiger partial charge in [0.05, 0.1) is 16.6 Å². The number of nitrogens with zero attached hydrogens (tertiary/aromatic N) is 3. The number of likely N-dealkylation sites (tertiary alicyclic amines) is 1. The molecule has 2 unspecified atom stereocenters. The normalized spacial score (nSPS) is 21.1. The lowest BCUT2D eigenvalue weighted by Crippen LogP contribution is -2.45. The van der Waals surface area contributed by atoms with Gasteiger partial charge in [-0.3, -0.25) is 4.79 Å². The van der Waals surface area contributed by atoms with Gasteiger partial charge < -0.3 is 15.2 Å². The number of halogens is 1. The topological polar surface area (TPSA) is 85.2 Å². The van der Waals surface area contributed by atoms with Crippen LogP contribution >= 0.6 is 12.4 Å². The van der Waals surface area contributed by atoms with Crippen LogP contribution in [-0.2, 0) is 6.42 Å². The Hall–Kier alpha value is -1.66. The van der Waals surface area contributed by atoms with Crippen LogP contribution in [0.2, 0.25) is 0 Å². The van der Waals surface area contributed by atoms with E-state index in [0.717, 1.165) is 68.4 Å². The highest BCUT2D eigenvalue weighted by molar-refractivity contribution is 6.06. The molecule has 0 spiro atoms. The molecule has 27 heavy (non-hydrogen) atoms. The molecule has 2 aromatic heterocycles. The number of rotatable bonds is 5. The van der Waals surface area contributed by atoms with Crippen LogP contribution in [0.1, 0.15) is 73.6 Å². The van der Waals surface area contributed by atoms with E-state index in [4.69, 9.17) is 10.3 Å². The molecule has 1 saturated carbocycles. The van der Waals surface area contributed by atoms with Crippen molar-refractivity contribution < 1.29 is 9.32 Å². The van der Waals surface area contributed by atoms with Crippen molar-refractivity contribution in [3.8, 4) is 0 Å². The molecular formula is C20H29ClN4O2. The summed E-state index contributed by atoms with van der Waals surface area (Å²) in [5, 5.41) is 5.02. The fraction of sp³-hybridized carbons (Fsp3) is 0.650. The quantitative estimate of drug-likeness (QED) is 0.838. The summed E-state index contributed by atoms with van der Waals surface area (Å²) in [7, 11) is 0. The summed E-state index contributed by atoms with van der Waals surface area (Å²) < 4.78 is 5.51. The third-order valence-corrected chi connectivity index (χ3v) is 5.74. The van der Waals surface area contributed by atoms with Gasteiger partial charge in [-0.1, -0.05) is 18.5 Å². The maximum Gasteiger partial charge on any atom is 0.259 e. The molecule has 2 aliphatic rings. The van der Waals surface area contributed by atoms with Crippen LogP contribution in [0.25, 0.3) is 11.1 Å². The van der Waals surface area contributed by atoms with Crippen molar-refractivity contribution in [2.45, 2.75) is 64.3 Å². The summed E-state index contributed by atoms with van der Waals surface area (Å²) in [6, 6.07) is 2.10. The van der Waals surface area contributed by atoms with Crippen molar-refractivity contribution in [3.05, 3.63) is 23.0 Å². The zero-order chi connectivity index (χ0) is 18.3. The lowest BCUT2D eigenvalue weighted by atomic mass is 9.91. The SMILES string of the molecule is CCCc1noc2nc(C3CC3)cc(C(=O)N3CCCC(C(C)N)C3)c12.Cl. The van der Waals surface area contributed by atoms with Gasteiger partial charge >= 0.3 is 0 Å². The second-order valence-electron chi connectivity index (χ2n) is 7.94. The van der Waals surface area contributed by atoms with E-state index in [9.17, 15) is 4.79 Å². The third kappa shape index (κ3) is 3.97. The first-order chi connectivity index (χ1) is 12.6. The van der Waals surface area contributed by atoms with Crippen LogP contribution in [-0.4, -0.2) is 40.1 Å². The van der Waals surface area contributed by atoms with Crippen molar-refractivity contribution in [1.29, 1.82) is 0 Å². The number of carbonyl (C=O) groups is 1. The Balaban J connectivity index is 0.00000210. The predicted octanol–water partition coefficient (Wildman–Crippen LogP) is 3.67. The van der Waals surface area contributed by atoms with Gasteiger partial charge in [-0.25, -0.2) is 4.98 Å². The zero-order valence-corrected chi connectivity index (χ0v) is 16.9. The molecule has 4 rings (SSSR count). The summed E-state index contributed by atoms with van der Waals surface area (Å²) in [6.45, 7) is 5.66. The number of carbonyl (C=O) groups excluding carboxylic acids is 1. The number of aryl methyl sites for hydroxylation is 1. The van der Waals surface area contributed by atoms with Gasteiger partial charge in [-0.05, 0) is 51.0 Å². The van der Waals surface area contributed by atoms with E-state index in [1.807, 2.05) is 17.9 Å². The van der Waals surface area contributed by atoms with E-state index in [2.05, 4.69) is 17.1 Å². The maximum absolute atomic E-state index is 13.4. The summed E-state index contributed by atoms with van der Waals surface area (Å²) in [6.07, 6.45) is 6.12. The first kappa shape index (κ1) is 20.1. The predicted molar refractivity (Wildman–Crippen MR) is 107 cm³/mol. The first-order valence-electron chi connectivity index (χ1n) is 9.92. The Labute approximate surface area is 166 Å². The van der Waals surface area contributed by atoms with Crippen molar-refractivity contribution in [2.75, 3.05) is 13.1 Å². The maximum atomic E-state index is 13.4. The van der Waals surface area contributed by atoms with E-state index in [0.29, 0.717) is 23.1 Å². The van der Waals surface area contributed by atoms with Crippen LogP contribution in [0.3, 0.4) is 0 Å². The Morgan fingerprint density at radius 2 is 2.19 bits per heavy atom. The average molecular weight is 393 g/mol. The van der Waals surface area contributed by atoms with Gasteiger partial charge in [0.2, 0.25) is 0 Å². The largest absolute Gasteiger partial charge is 0.338 e. The van der Waals surface area contributed by atoms with Gasteiger partial charge in [0.25, 0.3) is 11.6 Å². The van der Waals surface area contributed by atoms with Gasteiger partial charge in [-0.2, -0.15) is 0 Å². The highest BCUT2D eigenvalue weighted by Gasteiger charge is 2.32. The van der Waals surface area contributed by atoms with Crippen LogP contribution < -0.4 is 5.73 Å². The fourth-order valence-corrected chi connectivity index (χ4v) is 3.99. The number of aromatic nitrogens is 2. The molecule has 0 bridgehead atoms. The summed E-state index contributed by atoms with van der Waals surface area (Å²) in [5.41, 5.74) is 9.16. The van der Waals surface area contributed by atoms with Crippen LogP contribution in [0.15, 0.2) is 10.6 Å². The molecule has 2 aromatic rings. The number of pyridine rings is 1. The minimum Gasteiger partial charge on any atom is -0.338 e. The minimum absolute atomic E-state index is 0. The molecule has 148 valence electrons. The highest BCUT2D eigenvalue weighted by Crippen LogP contribution is 2.41. The average Bonchev–Trinajstić information content (AvgIpc) is 3.43. The molecule has 7 heteroatoms. The van der Waals surface area contributed by atoms with Gasteiger partial charge in [0, 0.05) is 30.7 Å². The molecular weight excluding hydrogens is 364 g/mol. The van der Waals surface area contributed by atoms with Crippen molar-refractivity contribution in [1.82, 2.24) is 15.0 Å². The van der Waals surface area contributed by atoms with Crippen molar-refractivity contribution >= 4 is 29.4 Å². The van der Waals surface area contributed by atoms with Gasteiger partial charge in [0.1, 0.15) is 0 Å². The van der Waals surface area contributed by atoms with Crippen LogP contribution in [0, 0.1) is 5.92 Å². The zero-order valence-electron chi connectivity index (χ0n) is 16.1. The summed E-state index contributed by atoms with van der Waals surface area (Å²) in [5.74, 6) is 0.902. The summed E-state index contributed by atoms with van der Waals surface area (Å²) >= 11 is 0. The van der Waals surface area contributed by atoms with Crippen LogP contribution in [0.5, 0.6) is 0 Å². The molecule has 2 fully saturated rings. The molecule has 1 aliphatic carbocycles. The van der Waals surface area contributed by atoms with E-state index >= 15 is 0 Å². The standard InChI is InChI=1S/C20H28N4O2.ClH/c1-3-5-16-18-15(10-17(13-7-8-13)22-19(18)26-23-16)20(25)24-9-4-6-14(11-24)12(2)21;/h10,12-14H,3-9,11,21H2,1-2H3;1H. The number of hydrogen-bond acceptors (Lipinski definition) is 5. The molecule has 2 N–H and O–H groups in total. The number of amides is 1. The number of fused-ring (bicyclic) bond motifs is 1. The lowest BCUT2D eigenvalue weighted by Gasteiger charge is -2.34. The summed E-state index contributed by atoms with van der Waals surface area (Å²) in [4.78, 5) is 20.0. The smallest absolute Gasteiger partial charge is 0.259 e. The van der Waals surface area contributed by atoms with Gasteiger partial charge in [0.15, 0.2) is 0 Å². The van der Waals surface area contributed by atoms with E-state index in [1.165, 1.54) is 0 Å². The Morgan fingerprint density at radius 1 is 1.41 bits per heavy atom. The Bertz CT molecular complexity index is 816. The molecule has 6 nitrogen and oxygen atoms in total. The molecule has 1 saturated heterocycles. The van der Waals surface area contributed by atoms with Gasteiger partial charge in [-0.15, -0.1) is 12.4 Å². The van der Waals surface area contributed by atoms with E-state index < -0.39 is 0 Å². The molecule has 3 heterocycles. The fourth-order valence-electron chi connectivity index (χ4n) is 3.99. The van der Waals surface area contributed by atoms with Crippen molar-refractivity contribution in [2.24, 2.45) is 11.7 Å². The highest BCUT2D eigenvalue weighted by atomic mass is 35.5. The van der Waals surface area contributed by atoms with Crippen LogP contribution in [0.4, 0.5) is 0 Å². The van der Waals surface area contributed by atoms with E-state index in [1.54, 1.807) is 0 Å². The second kappa shape index (κ2) is 8.15. The van der Waals surface area contributed by atoms with E-state index in [-0.39, 0.29) is 24.4 Å². The number of nitrogens with two attached hydrogens (primary N) is 1. The minimum atomic E-state index is 0. The van der Waals surface area contributed by atoms with Crippen molar-refractivity contribution in [3.63, 3.8) is 0 Å².